The molecule has 1 aromatic heterocycles. The maximum atomic E-state index is 6.14. The van der Waals surface area contributed by atoms with Crippen LogP contribution in [0.25, 0.3) is 11.3 Å². The van der Waals surface area contributed by atoms with Gasteiger partial charge in [-0.15, -0.1) is 0 Å². The van der Waals surface area contributed by atoms with Gasteiger partial charge in [0.25, 0.3) is 0 Å². The van der Waals surface area contributed by atoms with E-state index in [9.17, 15) is 0 Å². The smallest absolute Gasteiger partial charge is 0.222 e. The monoisotopic (exact) mass is 417 g/mol. The molecule has 2 aliphatic heterocycles. The fraction of sp³-hybridized carbons (Fsp3) is 0.333. The van der Waals surface area contributed by atoms with E-state index in [1.807, 2.05) is 55.6 Å². The molecule has 0 spiro atoms. The highest BCUT2D eigenvalue weighted by Gasteiger charge is 2.28. The lowest BCUT2D eigenvalue weighted by Gasteiger charge is -2.22. The molecule has 1 saturated heterocycles. The van der Waals surface area contributed by atoms with Crippen LogP contribution in [0.5, 0.6) is 11.5 Å². The van der Waals surface area contributed by atoms with E-state index in [2.05, 4.69) is 20.2 Å². The Hall–Kier alpha value is -3.32. The van der Waals surface area contributed by atoms with Crippen LogP contribution in [0.4, 0.5) is 11.8 Å². The molecule has 1 fully saturated rings. The van der Waals surface area contributed by atoms with E-state index in [-0.39, 0.29) is 0 Å². The number of hydrogen-bond donors (Lipinski definition) is 2. The number of nitrogens with one attached hydrogen (secondary N) is 1. The van der Waals surface area contributed by atoms with Crippen LogP contribution in [0, 0.1) is 0 Å². The third-order valence-electron chi connectivity index (χ3n) is 5.96. The summed E-state index contributed by atoms with van der Waals surface area (Å²) in [6.45, 7) is 2.94. The Bertz CT molecular complexity index is 1070. The van der Waals surface area contributed by atoms with Gasteiger partial charge in [-0.25, -0.2) is 4.98 Å². The summed E-state index contributed by atoms with van der Waals surface area (Å²) in [7, 11) is 2.00. The average molecular weight is 418 g/mol. The van der Waals surface area contributed by atoms with E-state index < -0.39 is 0 Å². The molecule has 3 heterocycles. The first-order valence-electron chi connectivity index (χ1n) is 10.7. The minimum Gasteiger partial charge on any atom is -0.492 e. The van der Waals surface area contributed by atoms with Gasteiger partial charge >= 0.3 is 0 Å². The predicted molar refractivity (Wildman–Crippen MR) is 122 cm³/mol. The van der Waals surface area contributed by atoms with Gasteiger partial charge in [-0.2, -0.15) is 4.98 Å². The molecule has 0 aliphatic carbocycles. The summed E-state index contributed by atoms with van der Waals surface area (Å²) in [5.74, 6) is 2.76. The summed E-state index contributed by atoms with van der Waals surface area (Å²) in [4.78, 5) is 11.5. The van der Waals surface area contributed by atoms with Crippen LogP contribution in [0.1, 0.15) is 17.5 Å². The summed E-state index contributed by atoms with van der Waals surface area (Å²) >= 11 is 0. The summed E-state index contributed by atoms with van der Waals surface area (Å²) in [5.41, 5.74) is 10.2. The fourth-order valence-electron chi connectivity index (χ4n) is 4.30. The Labute approximate surface area is 182 Å². The largest absolute Gasteiger partial charge is 0.492 e. The molecule has 160 valence electrons. The number of nitrogen functional groups attached to an aromatic ring is 1. The van der Waals surface area contributed by atoms with Crippen LogP contribution in [-0.2, 0) is 13.0 Å². The van der Waals surface area contributed by atoms with Gasteiger partial charge in [0.15, 0.2) is 0 Å². The van der Waals surface area contributed by atoms with Crippen molar-refractivity contribution in [2.75, 3.05) is 37.4 Å². The molecular formula is C24H27N5O2. The first-order chi connectivity index (χ1) is 15.2. The van der Waals surface area contributed by atoms with E-state index in [1.165, 1.54) is 0 Å². The van der Waals surface area contributed by atoms with Crippen molar-refractivity contribution < 1.29 is 9.47 Å². The van der Waals surface area contributed by atoms with Crippen molar-refractivity contribution >= 4 is 11.8 Å². The molecule has 3 aromatic rings. The van der Waals surface area contributed by atoms with Crippen LogP contribution in [-0.4, -0.2) is 42.8 Å². The highest BCUT2D eigenvalue weighted by atomic mass is 16.5. The Morgan fingerprint density at radius 1 is 1.19 bits per heavy atom. The minimum absolute atomic E-state index is 0.291. The van der Waals surface area contributed by atoms with E-state index in [1.54, 1.807) is 0 Å². The number of ether oxygens (including phenoxy) is 2. The molecule has 31 heavy (non-hydrogen) atoms. The SMILES string of the molecule is CNC1CCN(c2nc(N)nc3c2CCOc2cc(OCc4ccccc4)ccc2-3)C1. The molecule has 2 aromatic carbocycles. The van der Waals surface area contributed by atoms with Crippen LogP contribution >= 0.6 is 0 Å². The van der Waals surface area contributed by atoms with Crippen LogP contribution < -0.4 is 25.4 Å². The number of rotatable bonds is 5. The van der Waals surface area contributed by atoms with Gasteiger partial charge in [0.05, 0.1) is 12.3 Å². The lowest BCUT2D eigenvalue weighted by Crippen LogP contribution is -2.30. The average Bonchev–Trinajstić information content (AvgIpc) is 3.21. The van der Waals surface area contributed by atoms with Crippen molar-refractivity contribution in [1.29, 1.82) is 0 Å². The zero-order valence-corrected chi connectivity index (χ0v) is 17.7. The van der Waals surface area contributed by atoms with Crippen LogP contribution in [0.2, 0.25) is 0 Å². The highest BCUT2D eigenvalue weighted by molar-refractivity contribution is 5.76. The first kappa shape index (κ1) is 19.6. The molecule has 0 radical (unpaired) electrons. The molecule has 0 bridgehead atoms. The number of anilines is 2. The van der Waals surface area contributed by atoms with Crippen molar-refractivity contribution in [1.82, 2.24) is 15.3 Å². The second-order valence-electron chi connectivity index (χ2n) is 7.98. The van der Waals surface area contributed by atoms with Gasteiger partial charge in [-0.1, -0.05) is 30.3 Å². The molecule has 1 unspecified atom stereocenters. The lowest BCUT2D eigenvalue weighted by atomic mass is 10.0. The Kier molecular flexibility index (Phi) is 5.34. The minimum atomic E-state index is 0.291. The number of hydrogen-bond acceptors (Lipinski definition) is 7. The van der Waals surface area contributed by atoms with Gasteiger partial charge in [-0.05, 0) is 31.2 Å². The zero-order valence-electron chi connectivity index (χ0n) is 17.7. The molecule has 5 rings (SSSR count). The standard InChI is InChI=1S/C24H27N5O2/c1-26-17-9-11-29(14-17)23-20-10-12-30-21-13-18(31-15-16-5-3-2-4-6-16)7-8-19(21)22(20)27-24(25)28-23/h2-8,13,17,26H,9-12,14-15H2,1H3,(H2,25,27,28). The number of fused-ring (bicyclic) bond motifs is 3. The van der Waals surface area contributed by atoms with Crippen molar-refractivity contribution in [2.24, 2.45) is 0 Å². The van der Waals surface area contributed by atoms with Crippen LogP contribution in [0.15, 0.2) is 48.5 Å². The number of aromatic nitrogens is 2. The van der Waals surface area contributed by atoms with E-state index in [0.717, 1.165) is 65.6 Å². The fourth-order valence-corrected chi connectivity index (χ4v) is 4.30. The topological polar surface area (TPSA) is 85.5 Å². The zero-order chi connectivity index (χ0) is 21.2. The maximum absolute atomic E-state index is 6.14. The Balaban J connectivity index is 1.46. The number of likely N-dealkylation sites (N-methyl/N-ethyl adjacent to an activating group) is 1. The molecule has 3 N–H and O–H groups in total. The predicted octanol–water partition coefficient (Wildman–Crippen LogP) is 3.04. The molecule has 2 aliphatic rings. The van der Waals surface area contributed by atoms with Gasteiger partial charge < -0.3 is 25.4 Å². The molecular weight excluding hydrogens is 390 g/mol. The van der Waals surface area contributed by atoms with Gasteiger partial charge in [0.1, 0.15) is 23.9 Å². The Morgan fingerprint density at radius 2 is 2.06 bits per heavy atom. The van der Waals surface area contributed by atoms with Crippen molar-refractivity contribution in [2.45, 2.75) is 25.5 Å². The summed E-state index contributed by atoms with van der Waals surface area (Å²) in [6, 6.07) is 16.5. The second-order valence-corrected chi connectivity index (χ2v) is 7.98. The first-order valence-corrected chi connectivity index (χ1v) is 10.7. The quantitative estimate of drug-likeness (QED) is 0.660. The number of benzene rings is 2. The molecule has 1 atom stereocenters. The Morgan fingerprint density at radius 3 is 2.87 bits per heavy atom. The van der Waals surface area contributed by atoms with Crippen molar-refractivity contribution in [3.05, 3.63) is 59.7 Å². The van der Waals surface area contributed by atoms with E-state index in [4.69, 9.17) is 15.2 Å². The van der Waals surface area contributed by atoms with Crippen LogP contribution in [0.3, 0.4) is 0 Å². The molecule has 7 heteroatoms. The maximum Gasteiger partial charge on any atom is 0.222 e. The van der Waals surface area contributed by atoms with Gasteiger partial charge in [0.2, 0.25) is 5.95 Å². The second kappa shape index (κ2) is 8.43. The third-order valence-corrected chi connectivity index (χ3v) is 5.96. The number of nitrogens with zero attached hydrogens (tertiary/aromatic N) is 3. The lowest BCUT2D eigenvalue weighted by molar-refractivity contribution is 0.297. The third kappa shape index (κ3) is 4.01. The normalized spacial score (nSPS) is 17.5. The summed E-state index contributed by atoms with van der Waals surface area (Å²) in [6.07, 6.45) is 1.82. The van der Waals surface area contributed by atoms with E-state index in [0.29, 0.717) is 25.2 Å². The van der Waals surface area contributed by atoms with Crippen molar-refractivity contribution in [3.63, 3.8) is 0 Å². The van der Waals surface area contributed by atoms with E-state index >= 15 is 0 Å². The summed E-state index contributed by atoms with van der Waals surface area (Å²) in [5, 5.41) is 3.36. The highest BCUT2D eigenvalue weighted by Crippen LogP contribution is 2.40. The molecule has 7 nitrogen and oxygen atoms in total. The van der Waals surface area contributed by atoms with Crippen molar-refractivity contribution in [3.8, 4) is 22.8 Å². The molecule has 0 amide bonds. The number of nitrogens with two attached hydrogens (primary N) is 1. The summed E-state index contributed by atoms with van der Waals surface area (Å²) < 4.78 is 12.1. The van der Waals surface area contributed by atoms with Gasteiger partial charge in [-0.3, -0.25) is 0 Å². The van der Waals surface area contributed by atoms with Gasteiger partial charge in [0, 0.05) is 42.7 Å². The molecule has 0 saturated carbocycles.